The Morgan fingerprint density at radius 2 is 2.02 bits per heavy atom. The van der Waals surface area contributed by atoms with Crippen LogP contribution in [0.15, 0.2) is 30.5 Å². The minimum atomic E-state index is -4.42. The third-order valence-corrected chi connectivity index (χ3v) is 9.33. The number of hydrogen-bond acceptors (Lipinski definition) is 7. The second-order valence-corrected chi connectivity index (χ2v) is 12.1. The van der Waals surface area contributed by atoms with Crippen molar-refractivity contribution in [3.63, 3.8) is 0 Å². The smallest absolute Gasteiger partial charge is 0.393 e. The number of terminal acetylenes is 1. The highest BCUT2D eigenvalue weighted by Crippen LogP contribution is 2.49. The first-order valence-electron chi connectivity index (χ1n) is 14.5. The second-order valence-electron chi connectivity index (χ2n) is 12.1. The monoisotopic (exact) mass is 627 g/mol. The zero-order valence-corrected chi connectivity index (χ0v) is 24.0. The van der Waals surface area contributed by atoms with Gasteiger partial charge in [-0.1, -0.05) is 12.0 Å². The van der Waals surface area contributed by atoms with E-state index in [0.29, 0.717) is 18.4 Å². The van der Waals surface area contributed by atoms with Gasteiger partial charge in [-0.3, -0.25) is 9.88 Å². The molecular weight excluding hydrogens is 600 g/mol. The van der Waals surface area contributed by atoms with Crippen molar-refractivity contribution >= 4 is 27.5 Å². The van der Waals surface area contributed by atoms with Crippen molar-refractivity contribution in [2.45, 2.75) is 49.6 Å². The number of hydrogen-bond donors (Lipinski definition) is 1. The summed E-state index contributed by atoms with van der Waals surface area (Å²) in [5.74, 6) is -1.31. The van der Waals surface area contributed by atoms with Crippen LogP contribution in [0.3, 0.4) is 0 Å². The van der Waals surface area contributed by atoms with Gasteiger partial charge in [0.05, 0.1) is 22.4 Å². The van der Waals surface area contributed by atoms with Crippen molar-refractivity contribution in [2.75, 3.05) is 31.6 Å². The molecule has 7 rings (SSSR count). The zero-order valence-electron chi connectivity index (χ0n) is 24.0. The minimum absolute atomic E-state index is 0.00686. The number of aromatic nitrogens is 3. The van der Waals surface area contributed by atoms with E-state index in [1.807, 2.05) is 4.90 Å². The van der Waals surface area contributed by atoms with E-state index in [4.69, 9.17) is 11.2 Å². The molecule has 4 atom stereocenters. The number of alkyl halides is 4. The summed E-state index contributed by atoms with van der Waals surface area (Å²) in [6.45, 7) is 0.995. The van der Waals surface area contributed by atoms with E-state index in [2.05, 4.69) is 20.9 Å². The molecule has 0 unspecified atom stereocenters. The van der Waals surface area contributed by atoms with E-state index in [-0.39, 0.29) is 76.7 Å². The quantitative estimate of drug-likeness (QED) is 0.203. The van der Waals surface area contributed by atoms with Crippen molar-refractivity contribution in [2.24, 2.45) is 5.92 Å². The van der Waals surface area contributed by atoms with E-state index in [1.165, 1.54) is 36.3 Å². The Labute approximate surface area is 253 Å². The van der Waals surface area contributed by atoms with Gasteiger partial charge in [-0.15, -0.1) is 6.42 Å². The molecule has 2 aliphatic heterocycles. The second kappa shape index (κ2) is 10.4. The van der Waals surface area contributed by atoms with Crippen LogP contribution in [0.5, 0.6) is 11.8 Å². The lowest BCUT2D eigenvalue weighted by atomic mass is 9.95. The topological polar surface area (TPSA) is 74.6 Å². The molecular formula is C32H27F6N5O2. The van der Waals surface area contributed by atoms with Crippen molar-refractivity contribution < 1.29 is 36.2 Å². The number of benzene rings is 2. The highest BCUT2D eigenvalue weighted by Gasteiger charge is 2.58. The van der Waals surface area contributed by atoms with Gasteiger partial charge in [0.2, 0.25) is 0 Å². The summed E-state index contributed by atoms with van der Waals surface area (Å²) >= 11 is 0. The molecule has 0 spiro atoms. The Morgan fingerprint density at radius 1 is 1.22 bits per heavy atom. The van der Waals surface area contributed by atoms with E-state index in [9.17, 15) is 27.1 Å². The molecule has 4 aromatic rings. The SMILES string of the molecule is C#Cc1c(F)ccc2cc(O)cc(-c3ncc4c(N(C)[C@H]5C[C@@H]5C(F)(F)F)nc(OC[C@@]56CCCN5C[C@H](F)C6)nc4c3F)c12. The van der Waals surface area contributed by atoms with Crippen molar-refractivity contribution in [3.05, 3.63) is 47.7 Å². The highest BCUT2D eigenvalue weighted by atomic mass is 19.4. The molecule has 3 aliphatic rings. The van der Waals surface area contributed by atoms with Crippen LogP contribution in [0, 0.1) is 29.9 Å². The molecule has 0 radical (unpaired) electrons. The molecule has 13 heteroatoms. The lowest BCUT2D eigenvalue weighted by Gasteiger charge is -2.31. The van der Waals surface area contributed by atoms with Crippen LogP contribution < -0.4 is 9.64 Å². The fraction of sp³-hybridized carbons (Fsp3) is 0.406. The minimum Gasteiger partial charge on any atom is -0.508 e. The predicted molar refractivity (Wildman–Crippen MR) is 155 cm³/mol. The zero-order chi connectivity index (χ0) is 31.8. The van der Waals surface area contributed by atoms with Gasteiger partial charge in [0.25, 0.3) is 0 Å². The number of phenols is 1. The summed E-state index contributed by atoms with van der Waals surface area (Å²) in [5, 5.41) is 10.9. The van der Waals surface area contributed by atoms with Gasteiger partial charge in [-0.25, -0.2) is 13.2 Å². The number of rotatable bonds is 6. The lowest BCUT2D eigenvalue weighted by Crippen LogP contribution is -2.43. The van der Waals surface area contributed by atoms with Gasteiger partial charge in [0.1, 0.15) is 41.4 Å². The van der Waals surface area contributed by atoms with Gasteiger partial charge < -0.3 is 14.7 Å². The molecule has 1 aliphatic carbocycles. The van der Waals surface area contributed by atoms with Gasteiger partial charge >= 0.3 is 12.2 Å². The van der Waals surface area contributed by atoms with Gasteiger partial charge in [0, 0.05) is 43.2 Å². The van der Waals surface area contributed by atoms with E-state index in [1.54, 1.807) is 0 Å². The third kappa shape index (κ3) is 4.86. The van der Waals surface area contributed by atoms with E-state index in [0.717, 1.165) is 12.5 Å². The molecule has 0 amide bonds. The number of halogens is 6. The Kier molecular flexibility index (Phi) is 6.78. The van der Waals surface area contributed by atoms with Crippen LogP contribution in [-0.2, 0) is 0 Å². The lowest BCUT2D eigenvalue weighted by molar-refractivity contribution is -0.148. The predicted octanol–water partition coefficient (Wildman–Crippen LogP) is 6.15. The molecule has 1 N–H and O–H groups in total. The Hall–Kier alpha value is -4.31. The van der Waals surface area contributed by atoms with Crippen LogP contribution in [0.1, 0.15) is 31.2 Å². The number of pyridine rings is 1. The third-order valence-electron chi connectivity index (χ3n) is 9.33. The molecule has 1 saturated carbocycles. The number of nitrogens with zero attached hydrogens (tertiary/aromatic N) is 5. The maximum atomic E-state index is 16.6. The van der Waals surface area contributed by atoms with Gasteiger partial charge in [-0.05, 0) is 49.4 Å². The maximum Gasteiger partial charge on any atom is 0.393 e. The summed E-state index contributed by atoms with van der Waals surface area (Å²) in [7, 11) is 1.43. The number of phenolic OH excluding ortho intramolecular Hbond substituents is 1. The molecule has 4 heterocycles. The summed E-state index contributed by atoms with van der Waals surface area (Å²) < 4.78 is 92.2. The largest absolute Gasteiger partial charge is 0.508 e. The molecule has 2 aromatic heterocycles. The highest BCUT2D eigenvalue weighted by molar-refractivity contribution is 6.03. The van der Waals surface area contributed by atoms with E-state index < -0.39 is 41.5 Å². The number of aromatic hydroxyl groups is 1. The Bertz CT molecular complexity index is 1890. The summed E-state index contributed by atoms with van der Waals surface area (Å²) in [6, 6.07) is 3.84. The van der Waals surface area contributed by atoms with Gasteiger partial charge in [-0.2, -0.15) is 23.1 Å². The molecule has 45 heavy (non-hydrogen) atoms. The molecule has 3 fully saturated rings. The van der Waals surface area contributed by atoms with Crippen LogP contribution in [0.4, 0.5) is 32.2 Å². The Balaban J connectivity index is 1.37. The normalized spacial score (nSPS) is 24.6. The summed E-state index contributed by atoms with van der Waals surface area (Å²) in [5.41, 5.74) is -1.37. The molecule has 2 aromatic carbocycles. The van der Waals surface area contributed by atoms with Crippen LogP contribution in [0.25, 0.3) is 32.9 Å². The van der Waals surface area contributed by atoms with Gasteiger partial charge in [0.15, 0.2) is 5.82 Å². The van der Waals surface area contributed by atoms with E-state index >= 15 is 4.39 Å². The maximum absolute atomic E-state index is 16.6. The Morgan fingerprint density at radius 3 is 2.76 bits per heavy atom. The molecule has 2 saturated heterocycles. The average molecular weight is 628 g/mol. The van der Waals surface area contributed by atoms with Crippen LogP contribution >= 0.6 is 0 Å². The van der Waals surface area contributed by atoms with Crippen LogP contribution in [0.2, 0.25) is 0 Å². The van der Waals surface area contributed by atoms with Crippen LogP contribution in [-0.4, -0.2) is 75.6 Å². The standard InChI is InChI=1S/C32H27F6N5O2/c1-3-19-23(34)6-5-16-9-18(44)10-20(25(16)19)27-26(35)28-21(13-39-27)29(42(2)24-11-22(24)32(36,37)38)41-30(40-28)45-15-31-7-4-8-43(31)14-17(33)12-31/h1,5-6,9-10,13,17,22,24,44H,4,7-8,11-12,14-15H2,2H3/t17-,22+,24+,31+/m1/s1. The molecule has 234 valence electrons. The fourth-order valence-electron chi connectivity index (χ4n) is 7.06. The first-order chi connectivity index (χ1) is 21.4. The number of fused-ring (bicyclic) bond motifs is 3. The number of anilines is 1. The average Bonchev–Trinajstić information content (AvgIpc) is 3.64. The first kappa shape index (κ1) is 29.4. The van der Waals surface area contributed by atoms with Crippen molar-refractivity contribution in [3.8, 4) is 35.4 Å². The first-order valence-corrected chi connectivity index (χ1v) is 14.5. The van der Waals surface area contributed by atoms with Crippen molar-refractivity contribution in [1.29, 1.82) is 0 Å². The van der Waals surface area contributed by atoms with Crippen molar-refractivity contribution in [1.82, 2.24) is 19.9 Å². The number of ether oxygens (including phenoxy) is 1. The summed E-state index contributed by atoms with van der Waals surface area (Å²) in [4.78, 5) is 16.3. The fourth-order valence-corrected chi connectivity index (χ4v) is 7.06. The molecule has 0 bridgehead atoms. The summed E-state index contributed by atoms with van der Waals surface area (Å²) in [6.07, 6.45) is 2.99. The molecule has 7 nitrogen and oxygen atoms in total.